The molecule has 4 aromatic rings. The average Bonchev–Trinajstić information content (AvgIpc) is 3.55. The summed E-state index contributed by atoms with van der Waals surface area (Å²) in [5.41, 5.74) is -4.54. The summed E-state index contributed by atoms with van der Waals surface area (Å²) < 4.78 is 124. The van der Waals surface area contributed by atoms with Gasteiger partial charge in [0, 0.05) is 17.1 Å². The number of nitrogens with zero attached hydrogens (tertiary/aromatic N) is 3. The van der Waals surface area contributed by atoms with Gasteiger partial charge >= 0.3 is 18.5 Å². The fourth-order valence-electron chi connectivity index (χ4n) is 9.18. The van der Waals surface area contributed by atoms with Gasteiger partial charge in [-0.1, -0.05) is 59.1 Å². The Bertz CT molecular complexity index is 2500. The lowest BCUT2D eigenvalue weighted by atomic mass is 9.49. The van der Waals surface area contributed by atoms with Gasteiger partial charge in [0.05, 0.1) is 50.6 Å². The summed E-state index contributed by atoms with van der Waals surface area (Å²) in [5, 5.41) is 10.8. The van der Waals surface area contributed by atoms with Gasteiger partial charge in [-0.2, -0.15) is 44.5 Å². The van der Waals surface area contributed by atoms with Gasteiger partial charge in [-0.3, -0.25) is 24.6 Å². The van der Waals surface area contributed by atoms with Crippen LogP contribution < -0.4 is 10.3 Å². The summed E-state index contributed by atoms with van der Waals surface area (Å²) in [6.45, 7) is 0. The van der Waals surface area contributed by atoms with E-state index >= 15 is 4.79 Å². The molecule has 312 valence electrons. The van der Waals surface area contributed by atoms with Crippen molar-refractivity contribution in [3.05, 3.63) is 129 Å². The van der Waals surface area contributed by atoms with Crippen LogP contribution in [-0.4, -0.2) is 38.7 Å². The van der Waals surface area contributed by atoms with Crippen LogP contribution in [0.15, 0.2) is 90.6 Å². The quantitative estimate of drug-likeness (QED) is 0.117. The molecule has 0 spiro atoms. The van der Waals surface area contributed by atoms with Crippen molar-refractivity contribution in [3.63, 3.8) is 0 Å². The van der Waals surface area contributed by atoms with E-state index in [1.807, 2.05) is 0 Å². The zero-order chi connectivity index (χ0) is 43.4. The van der Waals surface area contributed by atoms with E-state index in [4.69, 9.17) is 23.2 Å². The van der Waals surface area contributed by atoms with Crippen LogP contribution in [0.2, 0.25) is 10.0 Å². The second-order valence-electron chi connectivity index (χ2n) is 14.8. The Balaban J connectivity index is 1.29. The second-order valence-corrected chi connectivity index (χ2v) is 15.6. The molecule has 60 heavy (non-hydrogen) atoms. The number of amides is 4. The number of fused-ring (bicyclic) bond motifs is 4. The van der Waals surface area contributed by atoms with Crippen molar-refractivity contribution in [2.75, 3.05) is 10.3 Å². The molecule has 2 saturated heterocycles. The Morgan fingerprint density at radius 2 is 1.38 bits per heavy atom. The zero-order valence-corrected chi connectivity index (χ0v) is 31.5. The van der Waals surface area contributed by atoms with E-state index in [1.165, 1.54) is 48.5 Å². The number of benzene rings is 3. The van der Waals surface area contributed by atoms with Gasteiger partial charge in [-0.15, -0.1) is 0 Å². The average molecular weight is 884 g/mol. The van der Waals surface area contributed by atoms with E-state index in [-0.39, 0.29) is 51.4 Å². The molecule has 9 nitrogen and oxygen atoms in total. The number of pyridine rings is 1. The number of aromatic nitrogens is 1. The van der Waals surface area contributed by atoms with Gasteiger partial charge in [0.15, 0.2) is 5.82 Å². The predicted molar refractivity (Wildman–Crippen MR) is 194 cm³/mol. The van der Waals surface area contributed by atoms with Gasteiger partial charge in [0.2, 0.25) is 11.8 Å². The summed E-state index contributed by atoms with van der Waals surface area (Å²) in [7, 11) is 0. The Labute approximate surface area is 342 Å². The van der Waals surface area contributed by atoms with Crippen molar-refractivity contribution in [3.8, 4) is 5.75 Å². The molecule has 2 N–H and O–H groups in total. The van der Waals surface area contributed by atoms with Crippen molar-refractivity contribution in [1.82, 2.24) is 9.99 Å². The van der Waals surface area contributed by atoms with Crippen LogP contribution in [0.25, 0.3) is 0 Å². The summed E-state index contributed by atoms with van der Waals surface area (Å²) >= 11 is 12.4. The number of hydrogen-bond acceptors (Lipinski definition) is 7. The molecule has 2 aliphatic carbocycles. The fraction of sp³-hybridized carbons (Fsp3) is 0.275. The van der Waals surface area contributed by atoms with Crippen LogP contribution in [-0.2, 0) is 43.1 Å². The summed E-state index contributed by atoms with van der Waals surface area (Å²) in [5.74, 6) is -11.7. The SMILES string of the molecule is O=C1C2CC3C(=CCC4C(=O)N(c5cc(C(F)(F)F)cc(C(F)(F)F)c5)C(=O)C43)C(c3cccc(O)c3)C2(c2ccc(Cl)cc2)C(=O)N1Nc1ncc(C(F)(F)F)cc1Cl. The van der Waals surface area contributed by atoms with Crippen LogP contribution in [0.1, 0.15) is 46.6 Å². The number of carbonyl (C=O) groups is 4. The highest BCUT2D eigenvalue weighted by Gasteiger charge is 2.70. The van der Waals surface area contributed by atoms with Crippen molar-refractivity contribution in [2.24, 2.45) is 23.7 Å². The number of nitrogens with one attached hydrogen (secondary N) is 1. The maximum atomic E-state index is 15.2. The van der Waals surface area contributed by atoms with Crippen molar-refractivity contribution in [1.29, 1.82) is 0 Å². The number of carbonyl (C=O) groups excluding carboxylic acids is 4. The molecule has 6 unspecified atom stereocenters. The molecule has 6 atom stereocenters. The lowest BCUT2D eigenvalue weighted by Gasteiger charge is -2.50. The number of anilines is 2. The van der Waals surface area contributed by atoms with E-state index < -0.39 is 117 Å². The first kappa shape index (κ1) is 41.1. The Hall–Kier alpha value is -5.62. The maximum absolute atomic E-state index is 15.2. The normalized spacial score (nSPS) is 25.6. The molecule has 8 rings (SSSR count). The summed E-state index contributed by atoms with van der Waals surface area (Å²) in [6.07, 6.45) is -14.2. The number of phenols is 1. The third-order valence-corrected chi connectivity index (χ3v) is 12.1. The van der Waals surface area contributed by atoms with Crippen LogP contribution in [0.4, 0.5) is 51.0 Å². The molecule has 3 fully saturated rings. The van der Waals surface area contributed by atoms with E-state index in [1.54, 1.807) is 6.08 Å². The number of phenolic OH excluding ortho intramolecular Hbond substituents is 1. The van der Waals surface area contributed by atoms with E-state index in [2.05, 4.69) is 10.4 Å². The zero-order valence-electron chi connectivity index (χ0n) is 30.0. The van der Waals surface area contributed by atoms with Crippen LogP contribution >= 0.6 is 23.2 Å². The number of halogens is 11. The molecule has 4 amide bonds. The Kier molecular flexibility index (Phi) is 9.58. The van der Waals surface area contributed by atoms with E-state index in [9.17, 15) is 59.0 Å². The minimum Gasteiger partial charge on any atom is -0.508 e. The maximum Gasteiger partial charge on any atom is 0.417 e. The number of hydrazine groups is 1. The van der Waals surface area contributed by atoms with Gasteiger partial charge in [-0.25, -0.2) is 9.88 Å². The number of hydrogen-bond donors (Lipinski definition) is 2. The van der Waals surface area contributed by atoms with Crippen LogP contribution in [0, 0.1) is 23.7 Å². The molecule has 3 aromatic carbocycles. The van der Waals surface area contributed by atoms with E-state index in [0.29, 0.717) is 22.8 Å². The molecule has 3 heterocycles. The smallest absolute Gasteiger partial charge is 0.417 e. The highest BCUT2D eigenvalue weighted by atomic mass is 35.5. The monoisotopic (exact) mass is 882 g/mol. The largest absolute Gasteiger partial charge is 0.508 e. The Morgan fingerprint density at radius 1 is 0.750 bits per heavy atom. The number of imide groups is 2. The standard InChI is InChI=1S/C40H25Cl2F9N4O5/c41-22-6-4-18(5-7-22)37-28(34(58)55(36(37)60)53-32-29(42)14-21(16-52-32)40(49,50)51)15-27-25(31(37)17-2-1-3-24(56)10-17)8-9-26-30(27)35(59)54(33(26)57)23-12-19(38(43,44)45)11-20(13-23)39(46,47)48/h1-8,10-14,16,26-28,30-31,56H,9,15H2,(H,52,53). The molecule has 0 radical (unpaired) electrons. The van der Waals surface area contributed by atoms with Gasteiger partial charge < -0.3 is 5.11 Å². The van der Waals surface area contributed by atoms with Crippen molar-refractivity contribution >= 4 is 58.3 Å². The predicted octanol–water partition coefficient (Wildman–Crippen LogP) is 9.34. The summed E-state index contributed by atoms with van der Waals surface area (Å²) in [6, 6.07) is 12.3. The van der Waals surface area contributed by atoms with Gasteiger partial charge in [0.25, 0.3) is 11.8 Å². The minimum absolute atomic E-state index is 0.144. The van der Waals surface area contributed by atoms with E-state index in [0.717, 1.165) is 0 Å². The topological polar surface area (TPSA) is 120 Å². The second kappa shape index (κ2) is 14.0. The third kappa shape index (κ3) is 6.45. The summed E-state index contributed by atoms with van der Waals surface area (Å²) in [4.78, 5) is 62.5. The molecule has 20 heteroatoms. The third-order valence-electron chi connectivity index (χ3n) is 11.6. The molecule has 0 bridgehead atoms. The lowest BCUT2D eigenvalue weighted by molar-refractivity contribution is -0.143. The van der Waals surface area contributed by atoms with Crippen molar-refractivity contribution in [2.45, 2.75) is 42.7 Å². The first-order chi connectivity index (χ1) is 28.0. The van der Waals surface area contributed by atoms with Gasteiger partial charge in [-0.05, 0) is 78.4 Å². The minimum atomic E-state index is -5.30. The fourth-order valence-corrected chi connectivity index (χ4v) is 9.52. The highest BCUT2D eigenvalue weighted by molar-refractivity contribution is 6.33. The lowest BCUT2D eigenvalue weighted by Crippen LogP contribution is -2.53. The number of aromatic hydroxyl groups is 1. The Morgan fingerprint density at radius 3 is 1.97 bits per heavy atom. The first-order valence-corrected chi connectivity index (χ1v) is 18.6. The molecular weight excluding hydrogens is 858 g/mol. The molecule has 2 aliphatic heterocycles. The highest BCUT2D eigenvalue weighted by Crippen LogP contribution is 2.64. The molecule has 1 aromatic heterocycles. The number of rotatable bonds is 5. The first-order valence-electron chi connectivity index (χ1n) is 17.8. The van der Waals surface area contributed by atoms with Crippen LogP contribution in [0.3, 0.4) is 0 Å². The molecule has 4 aliphatic rings. The van der Waals surface area contributed by atoms with Crippen LogP contribution in [0.5, 0.6) is 5.75 Å². The number of alkyl halides is 9. The number of allylic oxidation sites excluding steroid dienone is 2. The van der Waals surface area contributed by atoms with Gasteiger partial charge in [0.1, 0.15) is 5.75 Å². The molecular formula is C40H25Cl2F9N4O5. The molecule has 1 saturated carbocycles. The van der Waals surface area contributed by atoms with Crippen molar-refractivity contribution < 1.29 is 63.8 Å².